The fourth-order valence-corrected chi connectivity index (χ4v) is 71.6. The second-order valence-corrected chi connectivity index (χ2v) is 48.5. The van der Waals surface area contributed by atoms with Gasteiger partial charge in [-0.3, -0.25) is 0 Å². The maximum absolute atomic E-state index is 8.51. The first-order valence-electron chi connectivity index (χ1n) is 26.9. The summed E-state index contributed by atoms with van der Waals surface area (Å²) in [6, 6.07) is 0.680. The SMILES string of the molecule is C1=CCC(CC[Si]23O[Si]4(C5CCCC5)O[Si]5(C6CCCC6)O[Si](C6CCCC6)(O2)O[Si]2(C6CCCC6)O[Si](C6CCCC6)(O3)O[Si](C3CCCC3)(O4)O[Si](C3CCCC3)(O5)O2)CC1. The molecule has 352 valence electrons. The second kappa shape index (κ2) is 16.8. The fourth-order valence-electron chi connectivity index (χ4n) is 15.3. The van der Waals surface area contributed by atoms with E-state index in [4.69, 9.17) is 49.4 Å². The summed E-state index contributed by atoms with van der Waals surface area (Å²) >= 11 is 0. The van der Waals surface area contributed by atoms with Crippen LogP contribution in [0.5, 0.6) is 0 Å². The topological polar surface area (TPSA) is 111 Å². The van der Waals surface area contributed by atoms with E-state index in [0.717, 1.165) is 199 Å². The molecular formula is C43H76O12Si8. The van der Waals surface area contributed by atoms with E-state index in [1.165, 1.54) is 6.42 Å². The summed E-state index contributed by atoms with van der Waals surface area (Å²) in [5.74, 6) is 0.529. The smallest absolute Gasteiger partial charge is 0.373 e. The van der Waals surface area contributed by atoms with Crippen LogP contribution in [0.25, 0.3) is 0 Å². The first-order chi connectivity index (χ1) is 30.8. The average Bonchev–Trinajstić information content (AvgIpc) is 4.12. The van der Waals surface area contributed by atoms with Gasteiger partial charge in [0.15, 0.2) is 0 Å². The highest BCUT2D eigenvalue weighted by atomic mass is 28.6. The third kappa shape index (κ3) is 7.40. The van der Waals surface area contributed by atoms with Gasteiger partial charge in [-0.2, -0.15) is 0 Å². The molecule has 6 saturated heterocycles. The predicted molar refractivity (Wildman–Crippen MR) is 250 cm³/mol. The molecule has 6 heterocycles. The predicted octanol–water partition coefficient (Wildman–Crippen LogP) is 12.1. The van der Waals surface area contributed by atoms with Crippen molar-refractivity contribution in [2.45, 2.75) is 250 Å². The number of allylic oxidation sites excluding steroid dienone is 2. The summed E-state index contributed by atoms with van der Waals surface area (Å²) in [5, 5.41) is 0. The lowest BCUT2D eigenvalue weighted by Gasteiger charge is -2.66. The van der Waals surface area contributed by atoms with E-state index in [9.17, 15) is 0 Å². The molecule has 12 nitrogen and oxygen atoms in total. The second-order valence-electron chi connectivity index (χ2n) is 22.7. The van der Waals surface area contributed by atoms with Crippen molar-refractivity contribution in [1.29, 1.82) is 0 Å². The fraction of sp³-hybridized carbons (Fsp3) is 0.953. The molecule has 14 rings (SSSR count). The Bertz CT molecular complexity index is 1530. The van der Waals surface area contributed by atoms with E-state index in [-0.39, 0.29) is 38.8 Å². The van der Waals surface area contributed by atoms with E-state index in [1.807, 2.05) is 0 Å². The summed E-state index contributed by atoms with van der Waals surface area (Å²) in [6.07, 6.45) is 38.9. The molecule has 6 aliphatic heterocycles. The minimum atomic E-state index is -3.90. The van der Waals surface area contributed by atoms with Crippen LogP contribution in [-0.2, 0) is 49.4 Å². The molecule has 1 atom stereocenters. The van der Waals surface area contributed by atoms with Crippen LogP contribution < -0.4 is 0 Å². The lowest BCUT2D eigenvalue weighted by molar-refractivity contribution is -0.0460. The lowest BCUT2D eigenvalue weighted by atomic mass is 9.92. The van der Waals surface area contributed by atoms with Gasteiger partial charge < -0.3 is 49.4 Å². The van der Waals surface area contributed by atoms with E-state index in [0.29, 0.717) is 12.0 Å². The van der Waals surface area contributed by atoms with Gasteiger partial charge in [-0.1, -0.05) is 102 Å². The Balaban J connectivity index is 1.11. The van der Waals surface area contributed by atoms with Gasteiger partial charge in [-0.15, -0.1) is 0 Å². The van der Waals surface area contributed by atoms with Crippen molar-refractivity contribution >= 4 is 70.4 Å². The standard InChI is InChI=1S/C43H76O12Si8/c1-2-18-36(19-3-1)34-35-56-44-57(37-20-4-5-21-37)47-60(40-26-10-11-27-40)49-58(45-56,38-22-6-7-23-38)51-62(42-30-14-15-31-42)52-59(46-56,39-24-8-9-25-39)50-61(48-57,41-28-12-13-29-41)54-63(53-60,55-62)43-32-16-17-33-43/h1-2,36-43H,3-35H2. The average molecular weight is 1010 g/mol. The first-order valence-corrected chi connectivity index (χ1v) is 41.4. The summed E-state index contributed by atoms with van der Waals surface area (Å²) < 4.78 is 102. The molecular weight excluding hydrogens is 933 g/mol. The maximum atomic E-state index is 8.51. The minimum Gasteiger partial charge on any atom is -0.373 e. The van der Waals surface area contributed by atoms with Crippen molar-refractivity contribution < 1.29 is 49.4 Å². The van der Waals surface area contributed by atoms with Crippen LogP contribution >= 0.6 is 0 Å². The Morgan fingerprint density at radius 3 is 0.746 bits per heavy atom. The molecule has 0 radical (unpaired) electrons. The molecule has 0 amide bonds. The van der Waals surface area contributed by atoms with Crippen molar-refractivity contribution in [3.05, 3.63) is 12.2 Å². The van der Waals surface area contributed by atoms with Gasteiger partial charge in [0.25, 0.3) is 0 Å². The van der Waals surface area contributed by atoms with Crippen LogP contribution in [0, 0.1) is 5.92 Å². The van der Waals surface area contributed by atoms with Crippen LogP contribution in [0.2, 0.25) is 44.8 Å². The lowest BCUT2D eigenvalue weighted by Crippen LogP contribution is -2.90. The quantitative estimate of drug-likeness (QED) is 0.153. The summed E-state index contributed by atoms with van der Waals surface area (Å²) in [7, 11) is -31.1. The van der Waals surface area contributed by atoms with Gasteiger partial charge in [0.05, 0.1) is 0 Å². The molecule has 0 N–H and O–H groups in total. The maximum Gasteiger partial charge on any atom is 0.482 e. The molecule has 14 aliphatic rings. The Labute approximate surface area is 386 Å². The molecule has 0 spiro atoms. The Hall–Kier alpha value is 0.995. The van der Waals surface area contributed by atoms with Crippen LogP contribution in [-0.4, -0.2) is 70.4 Å². The van der Waals surface area contributed by atoms with E-state index in [1.54, 1.807) is 0 Å². The minimum absolute atomic E-state index is 0.0812. The molecule has 8 bridgehead atoms. The molecule has 63 heavy (non-hydrogen) atoms. The summed E-state index contributed by atoms with van der Waals surface area (Å²) in [5.41, 5.74) is 0.595. The molecule has 0 aromatic carbocycles. The molecule has 1 unspecified atom stereocenters. The molecule has 8 aliphatic carbocycles. The Kier molecular flexibility index (Phi) is 11.7. The van der Waals surface area contributed by atoms with Crippen molar-refractivity contribution in [3.63, 3.8) is 0 Å². The van der Waals surface area contributed by atoms with Crippen LogP contribution in [0.1, 0.15) is 205 Å². The van der Waals surface area contributed by atoms with Gasteiger partial charge in [-0.25, -0.2) is 0 Å². The summed E-state index contributed by atoms with van der Waals surface area (Å²) in [6.45, 7) is 0. The normalized spacial score (nSPS) is 49.4. The number of hydrogen-bond acceptors (Lipinski definition) is 12. The molecule has 0 aromatic heterocycles. The van der Waals surface area contributed by atoms with Crippen LogP contribution in [0.15, 0.2) is 12.2 Å². The zero-order valence-electron chi connectivity index (χ0n) is 38.0. The van der Waals surface area contributed by atoms with E-state index < -0.39 is 70.4 Å². The Morgan fingerprint density at radius 2 is 0.524 bits per heavy atom. The third-order valence-corrected chi connectivity index (χ3v) is 58.3. The molecule has 13 fully saturated rings. The zero-order chi connectivity index (χ0) is 41.9. The largest absolute Gasteiger partial charge is 0.482 e. The number of rotatable bonds is 10. The van der Waals surface area contributed by atoms with Gasteiger partial charge in [0.2, 0.25) is 0 Å². The van der Waals surface area contributed by atoms with E-state index in [2.05, 4.69) is 12.2 Å². The summed E-state index contributed by atoms with van der Waals surface area (Å²) in [4.78, 5) is 0. The third-order valence-electron chi connectivity index (χ3n) is 18.7. The van der Waals surface area contributed by atoms with Gasteiger partial charge in [0.1, 0.15) is 0 Å². The van der Waals surface area contributed by atoms with Crippen LogP contribution in [0.3, 0.4) is 0 Å². The monoisotopic (exact) mass is 1010 g/mol. The van der Waals surface area contributed by atoms with Gasteiger partial charge in [0, 0.05) is 44.8 Å². The highest BCUT2D eigenvalue weighted by Crippen LogP contribution is 2.66. The first kappa shape index (κ1) is 44.0. The highest BCUT2D eigenvalue weighted by molar-refractivity contribution is 7.04. The number of hydrogen-bond donors (Lipinski definition) is 0. The molecule has 20 heteroatoms. The van der Waals surface area contributed by atoms with Crippen molar-refractivity contribution in [2.24, 2.45) is 5.92 Å². The zero-order valence-corrected chi connectivity index (χ0v) is 46.0. The van der Waals surface area contributed by atoms with Crippen molar-refractivity contribution in [2.75, 3.05) is 0 Å². The molecule has 0 aromatic rings. The van der Waals surface area contributed by atoms with Crippen molar-refractivity contribution in [3.8, 4) is 0 Å². The van der Waals surface area contributed by atoms with Crippen molar-refractivity contribution in [1.82, 2.24) is 0 Å². The Morgan fingerprint density at radius 1 is 0.286 bits per heavy atom. The van der Waals surface area contributed by atoms with Gasteiger partial charge in [-0.05, 0) is 121 Å². The highest BCUT2D eigenvalue weighted by Gasteiger charge is 2.88. The van der Waals surface area contributed by atoms with Crippen LogP contribution in [0.4, 0.5) is 0 Å². The van der Waals surface area contributed by atoms with E-state index >= 15 is 0 Å². The van der Waals surface area contributed by atoms with Gasteiger partial charge >= 0.3 is 70.4 Å². The molecule has 7 saturated carbocycles.